The van der Waals surface area contributed by atoms with Gasteiger partial charge in [0.25, 0.3) is 0 Å². The molecule has 2 aromatic rings. The Balaban J connectivity index is 1.82. The van der Waals surface area contributed by atoms with E-state index >= 15 is 0 Å². The second kappa shape index (κ2) is 5.13. The molecular formula is C13H20N6. The lowest BCUT2D eigenvalue weighted by Crippen LogP contribution is -2.42. The van der Waals surface area contributed by atoms with E-state index in [1.807, 2.05) is 23.7 Å². The van der Waals surface area contributed by atoms with E-state index in [0.717, 1.165) is 49.8 Å². The molecule has 3 rings (SSSR count). The summed E-state index contributed by atoms with van der Waals surface area (Å²) in [6, 6.07) is 0.639. The van der Waals surface area contributed by atoms with Crippen LogP contribution in [0.15, 0.2) is 12.4 Å². The number of hydrogen-bond donors (Lipinski definition) is 1. The van der Waals surface area contributed by atoms with Crippen LogP contribution >= 0.6 is 0 Å². The average molecular weight is 260 g/mol. The largest absolute Gasteiger partial charge is 0.353 e. The lowest BCUT2D eigenvalue weighted by Gasteiger charge is -2.33. The molecule has 0 radical (unpaired) electrons. The second-order valence-corrected chi connectivity index (χ2v) is 5.01. The summed E-state index contributed by atoms with van der Waals surface area (Å²) in [5.74, 6) is 1.86. The van der Waals surface area contributed by atoms with Crippen molar-refractivity contribution < 1.29 is 0 Å². The van der Waals surface area contributed by atoms with Crippen LogP contribution < -0.4 is 10.2 Å². The van der Waals surface area contributed by atoms with Crippen LogP contribution in [0.1, 0.15) is 25.6 Å². The van der Waals surface area contributed by atoms with Crippen molar-refractivity contribution in [2.45, 2.75) is 32.7 Å². The topological polar surface area (TPSA) is 58.4 Å². The van der Waals surface area contributed by atoms with Crippen LogP contribution in [0.3, 0.4) is 0 Å². The van der Waals surface area contributed by atoms with Gasteiger partial charge in [-0.3, -0.25) is 4.40 Å². The number of rotatable bonds is 3. The number of aromatic nitrogens is 4. The molecule has 0 unspecified atom stereocenters. The van der Waals surface area contributed by atoms with Gasteiger partial charge in [-0.2, -0.15) is 0 Å². The maximum atomic E-state index is 4.50. The average Bonchev–Trinajstić information content (AvgIpc) is 2.82. The Morgan fingerprint density at radius 3 is 2.84 bits per heavy atom. The van der Waals surface area contributed by atoms with Crippen LogP contribution in [0.2, 0.25) is 0 Å². The first-order chi connectivity index (χ1) is 9.29. The molecule has 1 aliphatic rings. The number of fused-ring (bicyclic) bond motifs is 1. The normalized spacial score (nSPS) is 17.3. The molecule has 6 nitrogen and oxygen atoms in total. The van der Waals surface area contributed by atoms with Gasteiger partial charge >= 0.3 is 0 Å². The predicted molar refractivity (Wildman–Crippen MR) is 74.4 cm³/mol. The van der Waals surface area contributed by atoms with Crippen LogP contribution in [-0.2, 0) is 0 Å². The van der Waals surface area contributed by atoms with Crippen LogP contribution in [0.25, 0.3) is 5.65 Å². The standard InChI is InChI=1S/C13H20N6/c1-3-14-11-4-7-18(8-5-11)12-13-17-16-10(2)19(13)9-6-15-12/h6,9,11,14H,3-5,7-8H2,1-2H3. The Morgan fingerprint density at radius 1 is 1.32 bits per heavy atom. The van der Waals surface area contributed by atoms with Gasteiger partial charge in [0.05, 0.1) is 0 Å². The number of piperidine rings is 1. The zero-order valence-corrected chi connectivity index (χ0v) is 11.5. The number of nitrogens with zero attached hydrogens (tertiary/aromatic N) is 5. The fourth-order valence-electron chi connectivity index (χ4n) is 2.74. The summed E-state index contributed by atoms with van der Waals surface area (Å²) in [5, 5.41) is 11.9. The fourth-order valence-corrected chi connectivity index (χ4v) is 2.74. The lowest BCUT2D eigenvalue weighted by molar-refractivity contribution is 0.422. The fraction of sp³-hybridized carbons (Fsp3) is 0.615. The third-order valence-corrected chi connectivity index (χ3v) is 3.77. The molecule has 0 atom stereocenters. The molecule has 1 N–H and O–H groups in total. The molecule has 0 amide bonds. The van der Waals surface area contributed by atoms with Crippen molar-refractivity contribution in [2.24, 2.45) is 0 Å². The highest BCUT2D eigenvalue weighted by atomic mass is 15.3. The van der Waals surface area contributed by atoms with Crippen molar-refractivity contribution in [3.8, 4) is 0 Å². The minimum atomic E-state index is 0.639. The quantitative estimate of drug-likeness (QED) is 0.892. The van der Waals surface area contributed by atoms with E-state index in [-0.39, 0.29) is 0 Å². The maximum absolute atomic E-state index is 4.50. The molecule has 1 saturated heterocycles. The van der Waals surface area contributed by atoms with E-state index in [1.165, 1.54) is 0 Å². The highest BCUT2D eigenvalue weighted by molar-refractivity contribution is 5.63. The first kappa shape index (κ1) is 12.3. The van der Waals surface area contributed by atoms with Crippen LogP contribution in [0.5, 0.6) is 0 Å². The van der Waals surface area contributed by atoms with Gasteiger partial charge in [0.2, 0.25) is 5.65 Å². The van der Waals surface area contributed by atoms with E-state index in [1.54, 1.807) is 0 Å². The molecule has 3 heterocycles. The van der Waals surface area contributed by atoms with Crippen LogP contribution in [0.4, 0.5) is 5.82 Å². The van der Waals surface area contributed by atoms with Crippen molar-refractivity contribution in [3.63, 3.8) is 0 Å². The van der Waals surface area contributed by atoms with Gasteiger partial charge in [-0.05, 0) is 26.3 Å². The third-order valence-electron chi connectivity index (χ3n) is 3.77. The molecule has 6 heteroatoms. The smallest absolute Gasteiger partial charge is 0.203 e. The van der Waals surface area contributed by atoms with Crippen molar-refractivity contribution in [2.75, 3.05) is 24.5 Å². The molecule has 102 valence electrons. The minimum Gasteiger partial charge on any atom is -0.353 e. The van der Waals surface area contributed by atoms with Crippen molar-refractivity contribution in [3.05, 3.63) is 18.2 Å². The van der Waals surface area contributed by atoms with Crippen molar-refractivity contribution in [1.29, 1.82) is 0 Å². The molecule has 0 spiro atoms. The Kier molecular flexibility index (Phi) is 3.33. The van der Waals surface area contributed by atoms with Crippen LogP contribution in [-0.4, -0.2) is 45.3 Å². The second-order valence-electron chi connectivity index (χ2n) is 5.01. The molecule has 2 aromatic heterocycles. The predicted octanol–water partition coefficient (Wildman–Crippen LogP) is 1.01. The van der Waals surface area contributed by atoms with Crippen molar-refractivity contribution >= 4 is 11.5 Å². The summed E-state index contributed by atoms with van der Waals surface area (Å²) < 4.78 is 2.00. The molecule has 0 bridgehead atoms. The Labute approximate surface area is 112 Å². The summed E-state index contributed by atoms with van der Waals surface area (Å²) in [7, 11) is 0. The van der Waals surface area contributed by atoms with Gasteiger partial charge < -0.3 is 10.2 Å². The van der Waals surface area contributed by atoms with Gasteiger partial charge in [-0.1, -0.05) is 6.92 Å². The highest BCUT2D eigenvalue weighted by Crippen LogP contribution is 2.21. The number of nitrogens with one attached hydrogen (secondary N) is 1. The minimum absolute atomic E-state index is 0.639. The van der Waals surface area contributed by atoms with Gasteiger partial charge in [-0.15, -0.1) is 10.2 Å². The highest BCUT2D eigenvalue weighted by Gasteiger charge is 2.21. The van der Waals surface area contributed by atoms with Crippen molar-refractivity contribution in [1.82, 2.24) is 24.9 Å². The molecular weight excluding hydrogens is 240 g/mol. The molecule has 19 heavy (non-hydrogen) atoms. The van der Waals surface area contributed by atoms with Gasteiger partial charge in [-0.25, -0.2) is 4.98 Å². The van der Waals surface area contributed by atoms with E-state index in [4.69, 9.17) is 0 Å². The molecule has 0 aliphatic carbocycles. The molecule has 1 aliphatic heterocycles. The number of aryl methyl sites for hydroxylation is 1. The summed E-state index contributed by atoms with van der Waals surface area (Å²) in [6.07, 6.45) is 6.06. The van der Waals surface area contributed by atoms with Gasteiger partial charge in [0.1, 0.15) is 5.82 Å². The summed E-state index contributed by atoms with van der Waals surface area (Å²) in [4.78, 5) is 6.81. The summed E-state index contributed by atoms with van der Waals surface area (Å²) in [5.41, 5.74) is 0.863. The SMILES string of the molecule is CCNC1CCN(c2nccn3c(C)nnc23)CC1. The van der Waals surface area contributed by atoms with E-state index in [2.05, 4.69) is 32.3 Å². The van der Waals surface area contributed by atoms with Gasteiger partial charge in [0, 0.05) is 31.5 Å². The first-order valence-corrected chi connectivity index (χ1v) is 6.94. The lowest BCUT2D eigenvalue weighted by atomic mass is 10.1. The summed E-state index contributed by atoms with van der Waals surface area (Å²) >= 11 is 0. The van der Waals surface area contributed by atoms with E-state index in [9.17, 15) is 0 Å². The van der Waals surface area contributed by atoms with Crippen LogP contribution in [0, 0.1) is 6.92 Å². The van der Waals surface area contributed by atoms with E-state index in [0.29, 0.717) is 6.04 Å². The summed E-state index contributed by atoms with van der Waals surface area (Å²) in [6.45, 7) is 7.21. The maximum Gasteiger partial charge on any atom is 0.203 e. The third kappa shape index (κ3) is 2.28. The Morgan fingerprint density at radius 2 is 2.11 bits per heavy atom. The molecule has 0 aromatic carbocycles. The Bertz CT molecular complexity index is 555. The zero-order chi connectivity index (χ0) is 13.2. The Hall–Kier alpha value is -1.69. The number of anilines is 1. The molecule has 1 fully saturated rings. The first-order valence-electron chi connectivity index (χ1n) is 6.94. The monoisotopic (exact) mass is 260 g/mol. The van der Waals surface area contributed by atoms with Gasteiger partial charge in [0.15, 0.2) is 5.82 Å². The zero-order valence-electron chi connectivity index (χ0n) is 11.5. The van der Waals surface area contributed by atoms with E-state index < -0.39 is 0 Å². The number of hydrogen-bond acceptors (Lipinski definition) is 5. The molecule has 0 saturated carbocycles.